The molecule has 0 saturated carbocycles. The summed E-state index contributed by atoms with van der Waals surface area (Å²) in [6, 6.07) is 0. The first kappa shape index (κ1) is 13.1. The molecule has 0 aliphatic heterocycles. The van der Waals surface area contributed by atoms with E-state index >= 15 is 0 Å². The molecule has 0 atom stereocenters. The van der Waals surface area contributed by atoms with Crippen molar-refractivity contribution < 1.29 is 8.42 Å². The molecule has 1 N–H and O–H groups in total. The van der Waals surface area contributed by atoms with Crippen LogP contribution in [0.2, 0.25) is 0 Å². The number of nitrogens with zero attached hydrogens (tertiary/aromatic N) is 1. The Balaban J connectivity index is 3.18. The first-order valence-electron chi connectivity index (χ1n) is 4.29. The highest BCUT2D eigenvalue weighted by Crippen LogP contribution is 2.29. The van der Waals surface area contributed by atoms with Gasteiger partial charge in [-0.25, -0.2) is 13.1 Å². The van der Waals surface area contributed by atoms with Gasteiger partial charge in [-0.05, 0) is 55.2 Å². The Kier molecular flexibility index (Phi) is 3.59. The second-order valence-electron chi connectivity index (χ2n) is 4.23. The molecule has 1 rings (SSSR count). The fraction of sp³-hybridized carbons (Fsp3) is 0.625. The van der Waals surface area contributed by atoms with Crippen LogP contribution in [-0.2, 0) is 10.0 Å². The minimum absolute atomic E-state index is 0.238. The van der Waals surface area contributed by atoms with Crippen LogP contribution < -0.4 is 4.72 Å². The Bertz CT molecular complexity index is 440. The summed E-state index contributed by atoms with van der Waals surface area (Å²) in [5, 5.41) is 0. The summed E-state index contributed by atoms with van der Waals surface area (Å²) in [5.41, 5.74) is 0.0238. The maximum Gasteiger partial charge on any atom is 0.244 e. The van der Waals surface area contributed by atoms with E-state index in [1.54, 1.807) is 27.7 Å². The molecule has 86 valence electrons. The number of nitrogens with one attached hydrogen (secondary N) is 1. The maximum absolute atomic E-state index is 12.0. The van der Waals surface area contributed by atoms with Gasteiger partial charge in [-0.15, -0.1) is 0 Å². The van der Waals surface area contributed by atoms with Crippen molar-refractivity contribution in [2.75, 3.05) is 0 Å². The van der Waals surface area contributed by atoms with Crippen LogP contribution in [0.25, 0.3) is 0 Å². The summed E-state index contributed by atoms with van der Waals surface area (Å²) in [6.45, 7) is 7.08. The van der Waals surface area contributed by atoms with Crippen molar-refractivity contribution in [3.8, 4) is 0 Å². The van der Waals surface area contributed by atoms with Crippen molar-refractivity contribution in [3.63, 3.8) is 0 Å². The number of aromatic nitrogens is 1. The van der Waals surface area contributed by atoms with E-state index in [2.05, 4.69) is 25.0 Å². The normalized spacial score (nSPS) is 13.1. The van der Waals surface area contributed by atoms with Crippen LogP contribution in [0.5, 0.6) is 0 Å². The quantitative estimate of drug-likeness (QED) is 0.911. The van der Waals surface area contributed by atoms with E-state index in [-0.39, 0.29) is 4.90 Å². The zero-order valence-corrected chi connectivity index (χ0v) is 12.2. The van der Waals surface area contributed by atoms with Crippen molar-refractivity contribution in [2.45, 2.75) is 38.1 Å². The lowest BCUT2D eigenvalue weighted by Crippen LogP contribution is -2.40. The lowest BCUT2D eigenvalue weighted by molar-refractivity contribution is 0.491. The van der Waals surface area contributed by atoms with E-state index < -0.39 is 15.6 Å². The Morgan fingerprint density at radius 1 is 1.40 bits per heavy atom. The molecule has 0 aliphatic carbocycles. The number of hydrogen-bond donors (Lipinski definition) is 1. The van der Waals surface area contributed by atoms with Crippen LogP contribution in [0.4, 0.5) is 0 Å². The molecular weight excluding hydrogens is 300 g/mol. The minimum Gasteiger partial charge on any atom is -0.207 e. The minimum atomic E-state index is -3.48. The van der Waals surface area contributed by atoms with Crippen molar-refractivity contribution in [1.29, 1.82) is 0 Å². The van der Waals surface area contributed by atoms with E-state index in [1.807, 2.05) is 0 Å². The molecule has 0 bridgehead atoms. The van der Waals surface area contributed by atoms with E-state index in [0.717, 1.165) is 11.5 Å². The molecule has 7 heteroatoms. The van der Waals surface area contributed by atoms with Gasteiger partial charge in [-0.2, -0.15) is 4.37 Å². The highest BCUT2D eigenvalue weighted by molar-refractivity contribution is 9.11. The first-order valence-corrected chi connectivity index (χ1v) is 7.34. The van der Waals surface area contributed by atoms with Gasteiger partial charge in [0.1, 0.15) is 8.68 Å². The van der Waals surface area contributed by atoms with Crippen LogP contribution >= 0.6 is 27.5 Å². The van der Waals surface area contributed by atoms with Gasteiger partial charge in [0.25, 0.3) is 0 Å². The largest absolute Gasteiger partial charge is 0.244 e. The van der Waals surface area contributed by atoms with Crippen molar-refractivity contribution in [3.05, 3.63) is 9.48 Å². The highest BCUT2D eigenvalue weighted by Gasteiger charge is 2.27. The van der Waals surface area contributed by atoms with E-state index in [9.17, 15) is 8.42 Å². The monoisotopic (exact) mass is 312 g/mol. The van der Waals surface area contributed by atoms with Crippen LogP contribution in [0, 0.1) is 6.92 Å². The zero-order valence-electron chi connectivity index (χ0n) is 8.96. The summed E-state index contributed by atoms with van der Waals surface area (Å²) in [7, 11) is -3.48. The average molecular weight is 313 g/mol. The molecular formula is C8H13BrN2O2S2. The third-order valence-corrected chi connectivity index (χ3v) is 5.35. The van der Waals surface area contributed by atoms with E-state index in [1.165, 1.54) is 0 Å². The molecule has 0 radical (unpaired) electrons. The van der Waals surface area contributed by atoms with Gasteiger partial charge in [0.05, 0.1) is 5.69 Å². The fourth-order valence-electron chi connectivity index (χ4n) is 1.09. The SMILES string of the molecule is Cc1nsc(Br)c1S(=O)(=O)NC(C)(C)C. The molecule has 4 nitrogen and oxygen atoms in total. The number of aryl methyl sites for hydroxylation is 1. The van der Waals surface area contributed by atoms with Crippen molar-refractivity contribution in [1.82, 2.24) is 9.10 Å². The highest BCUT2D eigenvalue weighted by atomic mass is 79.9. The van der Waals surface area contributed by atoms with E-state index in [0.29, 0.717) is 9.48 Å². The summed E-state index contributed by atoms with van der Waals surface area (Å²) in [5.74, 6) is 0. The molecule has 1 aromatic heterocycles. The second-order valence-corrected chi connectivity index (χ2v) is 7.94. The lowest BCUT2D eigenvalue weighted by atomic mass is 10.1. The number of sulfonamides is 1. The molecule has 1 heterocycles. The predicted molar refractivity (Wildman–Crippen MR) is 64.6 cm³/mol. The van der Waals surface area contributed by atoms with Gasteiger partial charge in [0, 0.05) is 5.54 Å². The van der Waals surface area contributed by atoms with Crippen LogP contribution in [0.1, 0.15) is 26.5 Å². The van der Waals surface area contributed by atoms with E-state index in [4.69, 9.17) is 0 Å². The van der Waals surface area contributed by atoms with Gasteiger partial charge in [0.2, 0.25) is 10.0 Å². The van der Waals surface area contributed by atoms with Gasteiger partial charge >= 0.3 is 0 Å². The Morgan fingerprint density at radius 2 is 1.93 bits per heavy atom. The Hall–Kier alpha value is 0.0200. The van der Waals surface area contributed by atoms with Crippen LogP contribution in [0.3, 0.4) is 0 Å². The molecule has 0 aliphatic rings. The molecule has 0 aromatic carbocycles. The van der Waals surface area contributed by atoms with Gasteiger partial charge in [-0.1, -0.05) is 0 Å². The molecule has 1 aromatic rings. The molecule has 0 amide bonds. The van der Waals surface area contributed by atoms with Crippen LogP contribution in [0.15, 0.2) is 8.68 Å². The fourth-order valence-corrected chi connectivity index (χ4v) is 4.82. The summed E-state index contributed by atoms with van der Waals surface area (Å²) < 4.78 is 31.1. The number of rotatable bonds is 2. The first-order chi connectivity index (χ1) is 6.63. The topological polar surface area (TPSA) is 59.1 Å². The molecule has 0 spiro atoms. The summed E-state index contributed by atoms with van der Waals surface area (Å²) >= 11 is 4.33. The van der Waals surface area contributed by atoms with Gasteiger partial charge in [0.15, 0.2) is 0 Å². The third-order valence-electron chi connectivity index (χ3n) is 1.48. The summed E-state index contributed by atoms with van der Waals surface area (Å²) in [4.78, 5) is 0.238. The number of halogens is 1. The predicted octanol–water partition coefficient (Wildman–Crippen LogP) is 2.29. The third kappa shape index (κ3) is 3.24. The molecule has 0 saturated heterocycles. The summed E-state index contributed by atoms with van der Waals surface area (Å²) in [6.07, 6.45) is 0. The van der Waals surface area contributed by atoms with Gasteiger partial charge in [-0.3, -0.25) is 0 Å². The standard InChI is InChI=1S/C8H13BrN2O2S2/c1-5-6(7(9)14-10-5)15(12,13)11-8(2,3)4/h11H,1-4H3. The van der Waals surface area contributed by atoms with Crippen LogP contribution in [-0.4, -0.2) is 18.3 Å². The zero-order chi connectivity index (χ0) is 11.9. The molecule has 0 unspecified atom stereocenters. The molecule has 15 heavy (non-hydrogen) atoms. The van der Waals surface area contributed by atoms with Gasteiger partial charge < -0.3 is 0 Å². The average Bonchev–Trinajstić information content (AvgIpc) is 2.25. The lowest BCUT2D eigenvalue weighted by Gasteiger charge is -2.20. The number of hydrogen-bond acceptors (Lipinski definition) is 4. The van der Waals surface area contributed by atoms with Crippen molar-refractivity contribution >= 4 is 37.5 Å². The molecule has 0 fully saturated rings. The Morgan fingerprint density at radius 3 is 2.27 bits per heavy atom. The second kappa shape index (κ2) is 4.12. The smallest absolute Gasteiger partial charge is 0.207 e. The maximum atomic E-state index is 12.0. The van der Waals surface area contributed by atoms with Crippen molar-refractivity contribution in [2.24, 2.45) is 0 Å². The Labute approximate surface area is 102 Å².